The van der Waals surface area contributed by atoms with Crippen LogP contribution in [0.15, 0.2) is 12.3 Å². The second-order valence-corrected chi connectivity index (χ2v) is 4.91. The Morgan fingerprint density at radius 2 is 2.17 bits per heavy atom. The van der Waals surface area contributed by atoms with Crippen LogP contribution in [0.25, 0.3) is 0 Å². The zero-order valence-electron chi connectivity index (χ0n) is 10.0. The monoisotopic (exact) mass is 271 g/mol. The van der Waals surface area contributed by atoms with Crippen LogP contribution >= 0.6 is 11.6 Å². The van der Waals surface area contributed by atoms with Crippen LogP contribution in [0.1, 0.15) is 30.6 Å². The van der Waals surface area contributed by atoms with Gasteiger partial charge in [0.25, 0.3) is 0 Å². The van der Waals surface area contributed by atoms with E-state index in [2.05, 4.69) is 10.3 Å². The van der Waals surface area contributed by atoms with E-state index in [1.54, 1.807) is 13.8 Å². The molecule has 0 unspecified atom stereocenters. The molecular weight excluding hydrogens is 258 g/mol. The van der Waals surface area contributed by atoms with Crippen molar-refractivity contribution in [2.75, 3.05) is 5.32 Å². The molecule has 0 saturated heterocycles. The van der Waals surface area contributed by atoms with Crippen LogP contribution in [0.5, 0.6) is 0 Å². The average molecular weight is 272 g/mol. The number of nitrogens with zero attached hydrogens (tertiary/aromatic N) is 1. The molecule has 7 heteroatoms. The van der Waals surface area contributed by atoms with Crippen molar-refractivity contribution in [1.82, 2.24) is 4.98 Å². The number of carbonyl (C=O) groups is 2. The van der Waals surface area contributed by atoms with E-state index in [9.17, 15) is 9.59 Å². The lowest BCUT2D eigenvalue weighted by molar-refractivity contribution is -0.118. The number of pyridine rings is 1. The molecule has 6 nitrogen and oxygen atoms in total. The van der Waals surface area contributed by atoms with Gasteiger partial charge >= 0.3 is 5.97 Å². The largest absolute Gasteiger partial charge is 0.478 e. The van der Waals surface area contributed by atoms with Crippen molar-refractivity contribution in [2.24, 2.45) is 5.73 Å². The zero-order chi connectivity index (χ0) is 13.9. The number of carboxylic acids is 1. The number of carboxylic acid groups (broad SMARTS) is 1. The zero-order valence-corrected chi connectivity index (χ0v) is 10.8. The number of primary amides is 1. The quantitative estimate of drug-likeness (QED) is 0.752. The van der Waals surface area contributed by atoms with Crippen LogP contribution in [0.4, 0.5) is 5.82 Å². The lowest BCUT2D eigenvalue weighted by Crippen LogP contribution is -2.36. The molecule has 0 spiro atoms. The first-order valence-corrected chi connectivity index (χ1v) is 5.54. The van der Waals surface area contributed by atoms with Gasteiger partial charge in [-0.05, 0) is 19.9 Å². The van der Waals surface area contributed by atoms with Crippen LogP contribution in [0.3, 0.4) is 0 Å². The topological polar surface area (TPSA) is 105 Å². The maximum absolute atomic E-state index is 10.9. The molecule has 98 valence electrons. The van der Waals surface area contributed by atoms with Crippen LogP contribution in [-0.4, -0.2) is 27.5 Å². The van der Waals surface area contributed by atoms with Crippen molar-refractivity contribution in [3.63, 3.8) is 0 Å². The molecule has 0 atom stereocenters. The van der Waals surface area contributed by atoms with Crippen molar-refractivity contribution in [2.45, 2.75) is 25.8 Å². The third kappa shape index (κ3) is 3.89. The van der Waals surface area contributed by atoms with Crippen molar-refractivity contribution < 1.29 is 14.7 Å². The third-order valence-corrected chi connectivity index (χ3v) is 2.47. The van der Waals surface area contributed by atoms with Crippen molar-refractivity contribution in [3.8, 4) is 0 Å². The van der Waals surface area contributed by atoms with Gasteiger partial charge in [0.05, 0.1) is 10.6 Å². The Balaban J connectivity index is 2.95. The van der Waals surface area contributed by atoms with E-state index in [0.717, 1.165) is 0 Å². The first-order chi connectivity index (χ1) is 8.21. The number of anilines is 1. The molecule has 1 aromatic rings. The molecule has 1 heterocycles. The van der Waals surface area contributed by atoms with Gasteiger partial charge in [-0.1, -0.05) is 11.6 Å². The van der Waals surface area contributed by atoms with Crippen molar-refractivity contribution in [3.05, 3.63) is 22.8 Å². The summed E-state index contributed by atoms with van der Waals surface area (Å²) in [5.74, 6) is -1.28. The summed E-state index contributed by atoms with van der Waals surface area (Å²) >= 11 is 5.70. The van der Waals surface area contributed by atoms with Gasteiger partial charge in [0.15, 0.2) is 0 Å². The Hall–Kier alpha value is -1.82. The predicted molar refractivity (Wildman–Crippen MR) is 67.7 cm³/mol. The second-order valence-electron chi connectivity index (χ2n) is 4.51. The van der Waals surface area contributed by atoms with Crippen LogP contribution in [0, 0.1) is 0 Å². The first kappa shape index (κ1) is 14.2. The van der Waals surface area contributed by atoms with Gasteiger partial charge in [-0.2, -0.15) is 0 Å². The van der Waals surface area contributed by atoms with Gasteiger partial charge in [0.2, 0.25) is 5.91 Å². The Bertz CT molecular complexity index is 488. The number of hydrogen-bond acceptors (Lipinski definition) is 4. The summed E-state index contributed by atoms with van der Waals surface area (Å²) in [6.07, 6.45) is 1.34. The van der Waals surface area contributed by atoms with Crippen LogP contribution in [0.2, 0.25) is 5.02 Å². The number of rotatable bonds is 5. The van der Waals surface area contributed by atoms with Gasteiger partial charge < -0.3 is 16.2 Å². The molecule has 1 rings (SSSR count). The molecule has 0 aliphatic rings. The van der Waals surface area contributed by atoms with Gasteiger partial charge in [-0.25, -0.2) is 9.78 Å². The van der Waals surface area contributed by atoms with Gasteiger partial charge in [-0.15, -0.1) is 0 Å². The molecule has 0 aliphatic carbocycles. The summed E-state index contributed by atoms with van der Waals surface area (Å²) in [6, 6.07) is 1.31. The van der Waals surface area contributed by atoms with Gasteiger partial charge in [0, 0.05) is 18.2 Å². The number of aromatic carboxylic acids is 1. The Morgan fingerprint density at radius 1 is 1.56 bits per heavy atom. The van der Waals surface area contributed by atoms with Gasteiger partial charge in [0.1, 0.15) is 5.82 Å². The molecule has 0 radical (unpaired) electrons. The minimum absolute atomic E-state index is 0.0518. The van der Waals surface area contributed by atoms with Crippen LogP contribution in [-0.2, 0) is 4.79 Å². The second kappa shape index (κ2) is 5.22. The molecule has 4 N–H and O–H groups in total. The lowest BCUT2D eigenvalue weighted by atomic mass is 10.0. The Labute approximate surface area is 109 Å². The molecule has 18 heavy (non-hydrogen) atoms. The number of carbonyl (C=O) groups excluding carboxylic acids is 1. The van der Waals surface area contributed by atoms with E-state index >= 15 is 0 Å². The highest BCUT2D eigenvalue weighted by Crippen LogP contribution is 2.21. The highest BCUT2D eigenvalue weighted by Gasteiger charge is 2.21. The summed E-state index contributed by atoms with van der Waals surface area (Å²) in [5, 5.41) is 11.9. The van der Waals surface area contributed by atoms with Gasteiger partial charge in [-0.3, -0.25) is 4.79 Å². The van der Waals surface area contributed by atoms with Crippen molar-refractivity contribution in [1.29, 1.82) is 0 Å². The molecule has 0 bridgehead atoms. The highest BCUT2D eigenvalue weighted by molar-refractivity contribution is 6.33. The van der Waals surface area contributed by atoms with Crippen LogP contribution < -0.4 is 11.1 Å². The molecule has 0 aromatic carbocycles. The smallest absolute Gasteiger partial charge is 0.337 e. The average Bonchev–Trinajstić information content (AvgIpc) is 2.18. The fraction of sp³-hybridized carbons (Fsp3) is 0.364. The number of amides is 1. The SMILES string of the molecule is CC(C)(CC(N)=O)Nc1cc(C(=O)O)c(Cl)cn1. The number of nitrogens with two attached hydrogens (primary N) is 1. The summed E-state index contributed by atoms with van der Waals surface area (Å²) in [7, 11) is 0. The molecule has 1 aromatic heterocycles. The standard InChI is InChI=1S/C11H14ClN3O3/c1-11(2,4-8(13)16)15-9-3-6(10(17)18)7(12)5-14-9/h3,5H,4H2,1-2H3,(H2,13,16)(H,14,15)(H,17,18). The predicted octanol–water partition coefficient (Wildman–Crippen LogP) is 1.50. The third-order valence-electron chi connectivity index (χ3n) is 2.17. The molecular formula is C11H14ClN3O3. The molecule has 1 amide bonds. The fourth-order valence-electron chi connectivity index (χ4n) is 1.50. The van der Waals surface area contributed by atoms with E-state index in [0.29, 0.717) is 5.82 Å². The molecule has 0 aliphatic heterocycles. The number of aromatic nitrogens is 1. The number of nitrogens with one attached hydrogen (secondary N) is 1. The molecule has 0 saturated carbocycles. The normalized spacial score (nSPS) is 11.1. The van der Waals surface area contributed by atoms with E-state index in [4.69, 9.17) is 22.4 Å². The number of hydrogen-bond donors (Lipinski definition) is 3. The molecule has 0 fully saturated rings. The van der Waals surface area contributed by atoms with E-state index in [1.807, 2.05) is 0 Å². The highest BCUT2D eigenvalue weighted by atomic mass is 35.5. The maximum Gasteiger partial charge on any atom is 0.337 e. The summed E-state index contributed by atoms with van der Waals surface area (Å²) < 4.78 is 0. The van der Waals surface area contributed by atoms with E-state index in [-0.39, 0.29) is 17.0 Å². The lowest BCUT2D eigenvalue weighted by Gasteiger charge is -2.25. The minimum atomic E-state index is -1.14. The first-order valence-electron chi connectivity index (χ1n) is 5.16. The van der Waals surface area contributed by atoms with E-state index in [1.165, 1.54) is 12.3 Å². The van der Waals surface area contributed by atoms with E-state index < -0.39 is 17.4 Å². The Morgan fingerprint density at radius 3 is 2.67 bits per heavy atom. The Kier molecular flexibility index (Phi) is 4.13. The fourth-order valence-corrected chi connectivity index (χ4v) is 1.68. The number of halogens is 1. The van der Waals surface area contributed by atoms with Crippen molar-refractivity contribution >= 4 is 29.3 Å². The summed E-state index contributed by atoms with van der Waals surface area (Å²) in [5.41, 5.74) is 4.45. The maximum atomic E-state index is 10.9. The summed E-state index contributed by atoms with van der Waals surface area (Å²) in [4.78, 5) is 25.7. The summed E-state index contributed by atoms with van der Waals surface area (Å²) in [6.45, 7) is 3.52. The minimum Gasteiger partial charge on any atom is -0.478 e.